The molecule has 0 aromatic rings. The van der Waals surface area contributed by atoms with Gasteiger partial charge in [0.15, 0.2) is 0 Å². The van der Waals surface area contributed by atoms with Gasteiger partial charge in [0.25, 0.3) is 0 Å². The van der Waals surface area contributed by atoms with Gasteiger partial charge >= 0.3 is 5.97 Å². The quantitative estimate of drug-likeness (QED) is 0.125. The van der Waals surface area contributed by atoms with Crippen LogP contribution >= 0.6 is 11.8 Å². The summed E-state index contributed by atoms with van der Waals surface area (Å²) in [5, 5.41) is 35.1. The van der Waals surface area contributed by atoms with Crippen LogP contribution in [0.3, 0.4) is 0 Å². The average molecular weight is 466 g/mol. The Labute approximate surface area is 183 Å². The van der Waals surface area contributed by atoms with Gasteiger partial charge in [0.2, 0.25) is 23.6 Å². The Morgan fingerprint density at radius 1 is 0.903 bits per heavy atom. The highest BCUT2D eigenvalue weighted by Crippen LogP contribution is 2.05. The molecule has 0 spiro atoms. The zero-order valence-corrected chi connectivity index (χ0v) is 18.3. The largest absolute Gasteiger partial charge is 0.480 e. The van der Waals surface area contributed by atoms with Crippen molar-refractivity contribution in [1.82, 2.24) is 16.0 Å². The molecule has 14 heteroatoms. The monoisotopic (exact) mass is 465 g/mol. The van der Waals surface area contributed by atoms with Crippen molar-refractivity contribution in [1.29, 1.82) is 0 Å². The summed E-state index contributed by atoms with van der Waals surface area (Å²) >= 11 is 1.36. The number of aliphatic hydroxyl groups is 2. The first-order valence-corrected chi connectivity index (χ1v) is 10.7. The van der Waals surface area contributed by atoms with Crippen LogP contribution in [0.25, 0.3) is 0 Å². The van der Waals surface area contributed by atoms with Gasteiger partial charge in [-0.1, -0.05) is 0 Å². The number of amides is 4. The predicted molar refractivity (Wildman–Crippen MR) is 112 cm³/mol. The third-order valence-corrected chi connectivity index (χ3v) is 4.79. The standard InChI is InChI=1S/C17H31N5O8S/c1-7(23)12(19)15(27)22-13(8(2)24)16(28)20-9(4-5-31-3)14(26)21-10(17(29)30)6-11(18)25/h7-10,12-13,23-24H,4-6,19H2,1-3H3,(H2,18,25)(H,20,28)(H,21,26)(H,22,27)(H,29,30). The number of carbonyl (C=O) groups excluding carboxylic acids is 4. The number of carbonyl (C=O) groups is 5. The summed E-state index contributed by atoms with van der Waals surface area (Å²) < 4.78 is 0. The summed E-state index contributed by atoms with van der Waals surface area (Å²) in [5.41, 5.74) is 10.5. The van der Waals surface area contributed by atoms with Gasteiger partial charge in [-0.2, -0.15) is 11.8 Å². The van der Waals surface area contributed by atoms with Crippen LogP contribution in [0.1, 0.15) is 26.7 Å². The second kappa shape index (κ2) is 13.8. The SMILES string of the molecule is CSCCC(NC(=O)C(NC(=O)C(N)C(C)O)C(C)O)C(=O)NC(CC(N)=O)C(=O)O. The van der Waals surface area contributed by atoms with Crippen molar-refractivity contribution in [2.75, 3.05) is 12.0 Å². The van der Waals surface area contributed by atoms with E-state index in [2.05, 4.69) is 16.0 Å². The zero-order chi connectivity index (χ0) is 24.3. The Balaban J connectivity index is 5.42. The molecule has 178 valence electrons. The highest BCUT2D eigenvalue weighted by atomic mass is 32.2. The number of hydrogen-bond donors (Lipinski definition) is 8. The molecule has 0 saturated carbocycles. The molecule has 13 nitrogen and oxygen atoms in total. The summed E-state index contributed by atoms with van der Waals surface area (Å²) in [6, 6.07) is -5.66. The lowest BCUT2D eigenvalue weighted by Crippen LogP contribution is -2.60. The van der Waals surface area contributed by atoms with Crippen LogP contribution < -0.4 is 27.4 Å². The number of thioether (sulfide) groups is 1. The van der Waals surface area contributed by atoms with Crippen molar-refractivity contribution in [3.05, 3.63) is 0 Å². The molecule has 10 N–H and O–H groups in total. The number of hydrogen-bond acceptors (Lipinski definition) is 9. The zero-order valence-electron chi connectivity index (χ0n) is 17.5. The molecule has 0 aromatic carbocycles. The smallest absolute Gasteiger partial charge is 0.326 e. The van der Waals surface area contributed by atoms with E-state index in [0.29, 0.717) is 5.75 Å². The molecule has 0 rings (SSSR count). The van der Waals surface area contributed by atoms with E-state index >= 15 is 0 Å². The van der Waals surface area contributed by atoms with E-state index in [9.17, 15) is 34.2 Å². The van der Waals surface area contributed by atoms with Crippen molar-refractivity contribution in [2.24, 2.45) is 11.5 Å². The molecule has 0 aliphatic carbocycles. The van der Waals surface area contributed by atoms with Crippen LogP contribution in [0, 0.1) is 0 Å². The van der Waals surface area contributed by atoms with Gasteiger partial charge < -0.3 is 42.7 Å². The van der Waals surface area contributed by atoms with Crippen molar-refractivity contribution in [3.63, 3.8) is 0 Å². The molecule has 0 fully saturated rings. The number of aliphatic hydroxyl groups excluding tert-OH is 2. The Kier molecular flexibility index (Phi) is 12.7. The lowest BCUT2D eigenvalue weighted by Gasteiger charge is -2.26. The van der Waals surface area contributed by atoms with E-state index in [1.165, 1.54) is 25.6 Å². The number of nitrogens with one attached hydrogen (secondary N) is 3. The molecule has 0 aromatic heterocycles. The summed E-state index contributed by atoms with van der Waals surface area (Å²) in [4.78, 5) is 59.5. The molecule has 0 aliphatic heterocycles. The molecule has 31 heavy (non-hydrogen) atoms. The number of aliphatic carboxylic acids is 1. The third-order valence-electron chi connectivity index (χ3n) is 4.15. The minimum atomic E-state index is -1.59. The fourth-order valence-electron chi connectivity index (χ4n) is 2.31. The maximum atomic E-state index is 12.6. The summed E-state index contributed by atoms with van der Waals surface area (Å²) in [5.74, 6) is -4.72. The number of carboxylic acid groups (broad SMARTS) is 1. The summed E-state index contributed by atoms with van der Waals surface area (Å²) in [6.45, 7) is 2.50. The topological polar surface area (TPSA) is 234 Å². The number of nitrogens with two attached hydrogens (primary N) is 2. The number of primary amides is 1. The Morgan fingerprint density at radius 2 is 1.45 bits per heavy atom. The minimum Gasteiger partial charge on any atom is -0.480 e. The van der Waals surface area contributed by atoms with E-state index in [1.54, 1.807) is 6.26 Å². The lowest BCUT2D eigenvalue weighted by atomic mass is 10.1. The molecule has 0 heterocycles. The fourth-order valence-corrected chi connectivity index (χ4v) is 2.78. The van der Waals surface area contributed by atoms with Gasteiger partial charge in [0.05, 0.1) is 18.6 Å². The van der Waals surface area contributed by atoms with Gasteiger partial charge in [-0.15, -0.1) is 0 Å². The van der Waals surface area contributed by atoms with Crippen LogP contribution in [-0.2, 0) is 24.0 Å². The van der Waals surface area contributed by atoms with Crippen molar-refractivity contribution in [2.45, 2.75) is 63.1 Å². The summed E-state index contributed by atoms with van der Waals surface area (Å²) in [6.07, 6.45) is -1.39. The van der Waals surface area contributed by atoms with E-state index in [0.717, 1.165) is 0 Å². The Morgan fingerprint density at radius 3 is 1.87 bits per heavy atom. The van der Waals surface area contributed by atoms with Gasteiger partial charge in [-0.25, -0.2) is 4.79 Å². The second-order valence-corrected chi connectivity index (χ2v) is 7.89. The second-order valence-electron chi connectivity index (χ2n) is 6.91. The first-order valence-electron chi connectivity index (χ1n) is 9.34. The van der Waals surface area contributed by atoms with Crippen molar-refractivity contribution in [3.8, 4) is 0 Å². The van der Waals surface area contributed by atoms with Crippen molar-refractivity contribution >= 4 is 41.4 Å². The lowest BCUT2D eigenvalue weighted by molar-refractivity contribution is -0.144. The van der Waals surface area contributed by atoms with Crippen LogP contribution in [0.4, 0.5) is 0 Å². The number of carboxylic acids is 1. The van der Waals surface area contributed by atoms with E-state index < -0.39 is 72.4 Å². The van der Waals surface area contributed by atoms with Gasteiger partial charge in [0, 0.05) is 0 Å². The van der Waals surface area contributed by atoms with Crippen LogP contribution in [-0.4, -0.2) is 93.3 Å². The molecule has 0 aliphatic rings. The molecule has 6 unspecified atom stereocenters. The van der Waals surface area contributed by atoms with E-state index in [1.807, 2.05) is 0 Å². The van der Waals surface area contributed by atoms with Gasteiger partial charge in [-0.05, 0) is 32.3 Å². The highest BCUT2D eigenvalue weighted by Gasteiger charge is 2.33. The molecule has 0 saturated heterocycles. The molecule has 6 atom stereocenters. The van der Waals surface area contributed by atoms with E-state index in [4.69, 9.17) is 16.6 Å². The van der Waals surface area contributed by atoms with Crippen molar-refractivity contribution < 1.29 is 39.3 Å². The number of rotatable bonds is 14. The van der Waals surface area contributed by atoms with Gasteiger partial charge in [0.1, 0.15) is 24.2 Å². The average Bonchev–Trinajstić information content (AvgIpc) is 2.66. The molecule has 0 bridgehead atoms. The first-order chi connectivity index (χ1) is 14.3. The fraction of sp³-hybridized carbons (Fsp3) is 0.706. The minimum absolute atomic E-state index is 0.0926. The first kappa shape index (κ1) is 28.6. The molecular formula is C17H31N5O8S. The normalized spacial score (nSPS) is 16.7. The highest BCUT2D eigenvalue weighted by molar-refractivity contribution is 7.98. The summed E-state index contributed by atoms with van der Waals surface area (Å²) in [7, 11) is 0. The van der Waals surface area contributed by atoms with E-state index in [-0.39, 0.29) is 6.42 Å². The van der Waals surface area contributed by atoms with Gasteiger partial charge in [-0.3, -0.25) is 19.2 Å². The maximum Gasteiger partial charge on any atom is 0.326 e. The van der Waals surface area contributed by atoms with Crippen LogP contribution in [0.2, 0.25) is 0 Å². The predicted octanol–water partition coefficient (Wildman–Crippen LogP) is -3.76. The Hall–Kier alpha value is -2.42. The Bertz CT molecular complexity index is 660. The maximum absolute atomic E-state index is 12.6. The van der Waals surface area contributed by atoms with Crippen LogP contribution in [0.15, 0.2) is 0 Å². The third kappa shape index (κ3) is 10.4. The van der Waals surface area contributed by atoms with Crippen LogP contribution in [0.5, 0.6) is 0 Å². The molecule has 0 radical (unpaired) electrons. The molecular weight excluding hydrogens is 434 g/mol. The molecule has 4 amide bonds.